The molecule has 0 radical (unpaired) electrons. The molecule has 0 aliphatic rings. The van der Waals surface area contributed by atoms with Gasteiger partial charge in [0, 0.05) is 16.2 Å². The van der Waals surface area contributed by atoms with Gasteiger partial charge in [-0.3, -0.25) is 9.00 Å². The lowest BCUT2D eigenvalue weighted by Crippen LogP contribution is -2.41. The third-order valence-corrected chi connectivity index (χ3v) is 4.69. The van der Waals surface area contributed by atoms with Crippen LogP contribution < -0.4 is 5.32 Å². The zero-order valence-electron chi connectivity index (χ0n) is 12.6. The summed E-state index contributed by atoms with van der Waals surface area (Å²) >= 11 is 0. The number of carbonyl (C=O) groups excluding carboxylic acids is 1. The molecule has 2 aromatic carbocycles. The maximum Gasteiger partial charge on any atom is 0.326 e. The van der Waals surface area contributed by atoms with E-state index in [1.165, 1.54) is 18.2 Å². The van der Waals surface area contributed by atoms with Crippen molar-refractivity contribution in [2.45, 2.75) is 17.4 Å². The van der Waals surface area contributed by atoms with Gasteiger partial charge in [0.25, 0.3) is 5.91 Å². The van der Waals surface area contributed by atoms with E-state index in [0.29, 0.717) is 4.90 Å². The smallest absolute Gasteiger partial charge is 0.326 e. The summed E-state index contributed by atoms with van der Waals surface area (Å²) in [4.78, 5) is 23.9. The first-order chi connectivity index (χ1) is 11.5. The largest absolute Gasteiger partial charge is 0.480 e. The van der Waals surface area contributed by atoms with Gasteiger partial charge in [-0.25, -0.2) is 9.18 Å². The number of rotatable bonds is 7. The summed E-state index contributed by atoms with van der Waals surface area (Å²) in [5.41, 5.74) is 0.0328. The van der Waals surface area contributed by atoms with E-state index in [1.807, 2.05) is 0 Å². The highest BCUT2D eigenvalue weighted by molar-refractivity contribution is 7.85. The third kappa shape index (κ3) is 4.99. The summed E-state index contributed by atoms with van der Waals surface area (Å²) < 4.78 is 25.3. The molecule has 0 saturated carbocycles. The van der Waals surface area contributed by atoms with Crippen molar-refractivity contribution in [3.63, 3.8) is 0 Å². The van der Waals surface area contributed by atoms with Crippen molar-refractivity contribution in [1.82, 2.24) is 5.32 Å². The number of amides is 1. The van der Waals surface area contributed by atoms with Gasteiger partial charge in [-0.05, 0) is 36.8 Å². The first-order valence-corrected chi connectivity index (χ1v) is 8.52. The molecule has 2 atom stereocenters. The van der Waals surface area contributed by atoms with Gasteiger partial charge in [-0.2, -0.15) is 0 Å². The fourth-order valence-electron chi connectivity index (χ4n) is 2.04. The van der Waals surface area contributed by atoms with Crippen LogP contribution in [0.2, 0.25) is 0 Å². The first-order valence-electron chi connectivity index (χ1n) is 7.20. The average molecular weight is 349 g/mol. The molecule has 2 N–H and O–H groups in total. The molecule has 0 fully saturated rings. The van der Waals surface area contributed by atoms with E-state index in [1.54, 1.807) is 30.3 Å². The lowest BCUT2D eigenvalue weighted by atomic mass is 10.1. The molecule has 126 valence electrons. The van der Waals surface area contributed by atoms with Crippen molar-refractivity contribution in [1.29, 1.82) is 0 Å². The fraction of sp³-hybridized carbons (Fsp3) is 0.176. The van der Waals surface area contributed by atoms with Crippen LogP contribution in [0.5, 0.6) is 0 Å². The van der Waals surface area contributed by atoms with Crippen molar-refractivity contribution in [2.75, 3.05) is 5.75 Å². The quantitative estimate of drug-likeness (QED) is 0.803. The maximum atomic E-state index is 13.1. The summed E-state index contributed by atoms with van der Waals surface area (Å²) in [5.74, 6) is -2.42. The van der Waals surface area contributed by atoms with Crippen molar-refractivity contribution in [3.8, 4) is 0 Å². The number of aliphatic carboxylic acids is 1. The van der Waals surface area contributed by atoms with Crippen LogP contribution in [0.3, 0.4) is 0 Å². The molecule has 2 aromatic rings. The summed E-state index contributed by atoms with van der Waals surface area (Å²) in [6, 6.07) is 12.4. The van der Waals surface area contributed by atoms with Gasteiger partial charge in [-0.1, -0.05) is 24.3 Å². The van der Waals surface area contributed by atoms with Crippen LogP contribution >= 0.6 is 0 Å². The van der Waals surface area contributed by atoms with E-state index in [0.717, 1.165) is 6.07 Å². The van der Waals surface area contributed by atoms with E-state index in [4.69, 9.17) is 0 Å². The lowest BCUT2D eigenvalue weighted by molar-refractivity contribution is -0.139. The van der Waals surface area contributed by atoms with Crippen LogP contribution in [0.1, 0.15) is 16.8 Å². The third-order valence-electron chi connectivity index (χ3n) is 3.29. The maximum absolute atomic E-state index is 13.1. The van der Waals surface area contributed by atoms with E-state index in [2.05, 4.69) is 5.32 Å². The van der Waals surface area contributed by atoms with Gasteiger partial charge >= 0.3 is 5.97 Å². The second-order valence-corrected chi connectivity index (χ2v) is 6.60. The van der Waals surface area contributed by atoms with Crippen LogP contribution in [0.15, 0.2) is 59.5 Å². The lowest BCUT2D eigenvalue weighted by Gasteiger charge is -2.14. The monoisotopic (exact) mass is 349 g/mol. The fourth-order valence-corrected chi connectivity index (χ4v) is 3.19. The molecule has 1 amide bonds. The van der Waals surface area contributed by atoms with E-state index in [9.17, 15) is 23.3 Å². The molecule has 0 saturated heterocycles. The number of nitrogens with one attached hydrogen (secondary N) is 1. The van der Waals surface area contributed by atoms with E-state index in [-0.39, 0.29) is 17.7 Å². The molecule has 5 nitrogen and oxygen atoms in total. The highest BCUT2D eigenvalue weighted by Gasteiger charge is 2.21. The predicted molar refractivity (Wildman–Crippen MR) is 87.6 cm³/mol. The molecule has 2 rings (SSSR count). The Balaban J connectivity index is 1.98. The molecular formula is C17H16FNO4S. The zero-order valence-corrected chi connectivity index (χ0v) is 13.5. The predicted octanol–water partition coefficient (Wildman–Crippen LogP) is 2.21. The number of hydrogen-bond donors (Lipinski definition) is 2. The Morgan fingerprint density at radius 3 is 2.46 bits per heavy atom. The Bertz CT molecular complexity index is 751. The van der Waals surface area contributed by atoms with Crippen molar-refractivity contribution in [2.24, 2.45) is 0 Å². The Kier molecular flexibility index (Phi) is 6.20. The van der Waals surface area contributed by atoms with Gasteiger partial charge in [0.2, 0.25) is 0 Å². The molecule has 0 aliphatic carbocycles. The van der Waals surface area contributed by atoms with Crippen molar-refractivity contribution in [3.05, 3.63) is 66.0 Å². The Morgan fingerprint density at radius 1 is 1.12 bits per heavy atom. The van der Waals surface area contributed by atoms with Crippen LogP contribution in [0, 0.1) is 5.82 Å². The molecule has 24 heavy (non-hydrogen) atoms. The summed E-state index contributed by atoms with van der Waals surface area (Å²) in [6.45, 7) is 0. The van der Waals surface area contributed by atoms with Crippen molar-refractivity contribution >= 4 is 22.7 Å². The number of hydrogen-bond acceptors (Lipinski definition) is 3. The Morgan fingerprint density at radius 2 is 1.83 bits per heavy atom. The SMILES string of the molecule is O=C(N[C@H](CC[S@](=O)c1ccccc1)C(=O)O)c1cccc(F)c1. The zero-order chi connectivity index (χ0) is 17.5. The standard InChI is InChI=1S/C17H16FNO4S/c18-13-6-4-5-12(11-13)16(20)19-15(17(21)22)9-10-24(23)14-7-2-1-3-8-14/h1-8,11,15H,9-10H2,(H,19,20)(H,21,22)/t15-,24+/m1/s1. The summed E-state index contributed by atoms with van der Waals surface area (Å²) in [5, 5.41) is 11.5. The molecule has 0 aromatic heterocycles. The molecule has 0 bridgehead atoms. The number of carboxylic acids is 1. The Labute approximate surface area is 141 Å². The van der Waals surface area contributed by atoms with E-state index < -0.39 is 34.5 Å². The van der Waals surface area contributed by atoms with Gasteiger partial charge in [-0.15, -0.1) is 0 Å². The van der Waals surface area contributed by atoms with Crippen molar-refractivity contribution < 1.29 is 23.3 Å². The number of halogens is 1. The Hall–Kier alpha value is -2.54. The van der Waals surface area contributed by atoms with Gasteiger partial charge < -0.3 is 10.4 Å². The minimum atomic E-state index is -1.36. The van der Waals surface area contributed by atoms with E-state index >= 15 is 0 Å². The summed E-state index contributed by atoms with van der Waals surface area (Å²) in [6.07, 6.45) is -0.00209. The number of carboxylic acid groups (broad SMARTS) is 1. The summed E-state index contributed by atoms with van der Waals surface area (Å²) in [7, 11) is -1.36. The second-order valence-electron chi connectivity index (χ2n) is 5.03. The van der Waals surface area contributed by atoms with Crippen LogP contribution in [0.4, 0.5) is 4.39 Å². The molecule has 7 heteroatoms. The highest BCUT2D eigenvalue weighted by Crippen LogP contribution is 2.09. The number of benzene rings is 2. The molecular weight excluding hydrogens is 333 g/mol. The average Bonchev–Trinajstić information content (AvgIpc) is 2.58. The van der Waals surface area contributed by atoms with Crippen LogP contribution in [-0.4, -0.2) is 33.0 Å². The second kappa shape index (κ2) is 8.35. The highest BCUT2D eigenvalue weighted by atomic mass is 32.2. The molecule has 0 aliphatic heterocycles. The van der Waals surface area contributed by atoms with Crippen LogP contribution in [0.25, 0.3) is 0 Å². The minimum Gasteiger partial charge on any atom is -0.480 e. The van der Waals surface area contributed by atoms with Gasteiger partial charge in [0.1, 0.15) is 11.9 Å². The number of carbonyl (C=O) groups is 2. The molecule has 0 unspecified atom stereocenters. The first kappa shape index (κ1) is 17.8. The minimum absolute atomic E-state index is 0.00209. The molecule has 0 spiro atoms. The molecule has 0 heterocycles. The van der Waals surface area contributed by atoms with Gasteiger partial charge in [0.15, 0.2) is 0 Å². The normalized spacial score (nSPS) is 13.0. The van der Waals surface area contributed by atoms with Gasteiger partial charge in [0.05, 0.1) is 10.8 Å². The van der Waals surface area contributed by atoms with Crippen LogP contribution in [-0.2, 0) is 15.6 Å². The topological polar surface area (TPSA) is 83.5 Å².